The lowest BCUT2D eigenvalue weighted by atomic mass is 10.2. The van der Waals surface area contributed by atoms with Crippen LogP contribution in [0.15, 0.2) is 40.6 Å². The van der Waals surface area contributed by atoms with Crippen molar-refractivity contribution >= 4 is 47.9 Å². The first-order valence-electron chi connectivity index (χ1n) is 4.65. The SMILES string of the molecule is SCSCC1=CSC(c2ccccc2)S1. The molecule has 0 nitrogen and oxygen atoms in total. The van der Waals surface area contributed by atoms with Crippen molar-refractivity contribution in [3.05, 3.63) is 46.2 Å². The molecule has 15 heavy (non-hydrogen) atoms. The standard InChI is InChI=1S/C11H12S4/c12-8-13-6-10-7-14-11(15-10)9-4-2-1-3-5-9/h1-5,7,11-12H,6,8H2. The minimum absolute atomic E-state index is 0.557. The van der Waals surface area contributed by atoms with E-state index in [9.17, 15) is 0 Å². The Labute approximate surface area is 109 Å². The molecule has 0 fully saturated rings. The number of hydrogen-bond donors (Lipinski definition) is 1. The van der Waals surface area contributed by atoms with E-state index in [1.54, 1.807) is 0 Å². The lowest BCUT2D eigenvalue weighted by molar-refractivity contribution is 1.39. The van der Waals surface area contributed by atoms with Crippen LogP contribution in [0, 0.1) is 0 Å². The average Bonchev–Trinajstić information content (AvgIpc) is 2.76. The van der Waals surface area contributed by atoms with Gasteiger partial charge in [0.05, 0.1) is 4.58 Å². The van der Waals surface area contributed by atoms with E-state index in [2.05, 4.69) is 48.4 Å². The summed E-state index contributed by atoms with van der Waals surface area (Å²) in [7, 11) is 0. The number of thiol groups is 1. The van der Waals surface area contributed by atoms with Crippen molar-refractivity contribution in [3.63, 3.8) is 0 Å². The fourth-order valence-electron chi connectivity index (χ4n) is 1.30. The quantitative estimate of drug-likeness (QED) is 0.627. The maximum Gasteiger partial charge on any atom is 0.0837 e. The van der Waals surface area contributed by atoms with Crippen molar-refractivity contribution in [3.8, 4) is 0 Å². The van der Waals surface area contributed by atoms with Crippen LogP contribution in [0.25, 0.3) is 0 Å². The molecule has 1 aromatic carbocycles. The van der Waals surface area contributed by atoms with Gasteiger partial charge in [-0.1, -0.05) is 30.3 Å². The second-order valence-electron chi connectivity index (χ2n) is 3.06. The van der Waals surface area contributed by atoms with Gasteiger partial charge in [-0.05, 0) is 11.0 Å². The summed E-state index contributed by atoms with van der Waals surface area (Å²) in [5, 5.41) is 3.19. The molecule has 0 amide bonds. The van der Waals surface area contributed by atoms with Gasteiger partial charge in [0.25, 0.3) is 0 Å². The predicted molar refractivity (Wildman–Crippen MR) is 78.8 cm³/mol. The van der Waals surface area contributed by atoms with Crippen LogP contribution in [-0.2, 0) is 0 Å². The maximum atomic E-state index is 4.21. The van der Waals surface area contributed by atoms with Crippen molar-refractivity contribution in [2.75, 3.05) is 10.8 Å². The Hall–Kier alpha value is 0.360. The third-order valence-electron chi connectivity index (χ3n) is 1.99. The first-order chi connectivity index (χ1) is 7.40. The van der Waals surface area contributed by atoms with Gasteiger partial charge in [-0.3, -0.25) is 0 Å². The molecular weight excluding hydrogens is 260 g/mol. The molecule has 4 heteroatoms. The van der Waals surface area contributed by atoms with Crippen molar-refractivity contribution in [1.29, 1.82) is 0 Å². The molecule has 0 aromatic heterocycles. The van der Waals surface area contributed by atoms with Crippen molar-refractivity contribution in [2.24, 2.45) is 0 Å². The highest BCUT2D eigenvalue weighted by Gasteiger charge is 2.19. The summed E-state index contributed by atoms with van der Waals surface area (Å²) in [6, 6.07) is 10.7. The van der Waals surface area contributed by atoms with Gasteiger partial charge in [0.1, 0.15) is 0 Å². The van der Waals surface area contributed by atoms with Gasteiger partial charge in [0.15, 0.2) is 0 Å². The van der Waals surface area contributed by atoms with E-state index in [1.807, 2.05) is 35.3 Å². The summed E-state index contributed by atoms with van der Waals surface area (Å²) in [5.74, 6) is 1.10. The zero-order chi connectivity index (χ0) is 10.5. The van der Waals surface area contributed by atoms with Crippen LogP contribution in [0.3, 0.4) is 0 Å². The van der Waals surface area contributed by atoms with Gasteiger partial charge >= 0.3 is 0 Å². The fourth-order valence-corrected chi connectivity index (χ4v) is 4.97. The van der Waals surface area contributed by atoms with Gasteiger partial charge in [-0.15, -0.1) is 35.3 Å². The Morgan fingerprint density at radius 1 is 1.27 bits per heavy atom. The molecule has 0 N–H and O–H groups in total. The normalized spacial score (nSPS) is 20.3. The summed E-state index contributed by atoms with van der Waals surface area (Å²) < 4.78 is 0.557. The Kier molecular flexibility index (Phi) is 4.88. The number of thioether (sulfide) groups is 3. The third-order valence-corrected chi connectivity index (χ3v) is 6.18. The van der Waals surface area contributed by atoms with Crippen LogP contribution in [0.4, 0.5) is 0 Å². The second kappa shape index (κ2) is 6.18. The van der Waals surface area contributed by atoms with Gasteiger partial charge in [0.2, 0.25) is 0 Å². The Bertz CT molecular complexity index is 334. The van der Waals surface area contributed by atoms with Crippen molar-refractivity contribution in [2.45, 2.75) is 4.58 Å². The van der Waals surface area contributed by atoms with Crippen molar-refractivity contribution in [1.82, 2.24) is 0 Å². The topological polar surface area (TPSA) is 0 Å². The van der Waals surface area contributed by atoms with Gasteiger partial charge in [-0.2, -0.15) is 12.6 Å². The van der Waals surface area contributed by atoms with Crippen LogP contribution in [0.2, 0.25) is 0 Å². The molecule has 1 unspecified atom stereocenters. The average molecular weight is 272 g/mol. The van der Waals surface area contributed by atoms with Crippen LogP contribution in [-0.4, -0.2) is 10.8 Å². The van der Waals surface area contributed by atoms with E-state index in [-0.39, 0.29) is 0 Å². The van der Waals surface area contributed by atoms with Crippen LogP contribution < -0.4 is 0 Å². The van der Waals surface area contributed by atoms with E-state index in [1.165, 1.54) is 10.5 Å². The molecule has 2 rings (SSSR count). The van der Waals surface area contributed by atoms with Gasteiger partial charge in [-0.25, -0.2) is 0 Å². The Morgan fingerprint density at radius 3 is 2.80 bits per heavy atom. The van der Waals surface area contributed by atoms with Crippen LogP contribution in [0.1, 0.15) is 10.1 Å². The molecular formula is C11H12S4. The number of rotatable bonds is 4. The Morgan fingerprint density at radius 2 is 2.07 bits per heavy atom. The van der Waals surface area contributed by atoms with Gasteiger partial charge in [0, 0.05) is 15.7 Å². The van der Waals surface area contributed by atoms with Gasteiger partial charge < -0.3 is 0 Å². The first kappa shape index (κ1) is 11.8. The highest BCUT2D eigenvalue weighted by molar-refractivity contribution is 8.23. The molecule has 0 aliphatic carbocycles. The zero-order valence-electron chi connectivity index (χ0n) is 8.13. The smallest absolute Gasteiger partial charge is 0.0837 e. The minimum Gasteiger partial charge on any atom is -0.168 e. The van der Waals surface area contributed by atoms with E-state index in [0.29, 0.717) is 4.58 Å². The molecule has 1 aliphatic rings. The summed E-state index contributed by atoms with van der Waals surface area (Å²) in [5.41, 5.74) is 1.41. The molecule has 1 atom stereocenters. The van der Waals surface area contributed by atoms with E-state index < -0.39 is 0 Å². The lowest BCUT2D eigenvalue weighted by Crippen LogP contribution is -1.84. The maximum absolute atomic E-state index is 4.21. The highest BCUT2D eigenvalue weighted by Crippen LogP contribution is 2.51. The zero-order valence-corrected chi connectivity index (χ0v) is 11.5. The molecule has 0 spiro atoms. The highest BCUT2D eigenvalue weighted by atomic mass is 32.2. The molecule has 0 radical (unpaired) electrons. The summed E-state index contributed by atoms with van der Waals surface area (Å²) in [4.78, 5) is 1.48. The third kappa shape index (κ3) is 3.41. The molecule has 1 aromatic rings. The summed E-state index contributed by atoms with van der Waals surface area (Å²) >= 11 is 9.96. The molecule has 80 valence electrons. The molecule has 1 aliphatic heterocycles. The molecule has 0 bridgehead atoms. The lowest BCUT2D eigenvalue weighted by Gasteiger charge is -2.08. The van der Waals surface area contributed by atoms with E-state index in [0.717, 1.165) is 10.8 Å². The minimum atomic E-state index is 0.557. The Balaban J connectivity index is 1.90. The molecule has 0 saturated heterocycles. The number of benzene rings is 1. The predicted octanol–water partition coefficient (Wildman–Crippen LogP) is 4.63. The summed E-state index contributed by atoms with van der Waals surface area (Å²) in [6.45, 7) is 0. The summed E-state index contributed by atoms with van der Waals surface area (Å²) in [6.07, 6.45) is 0. The van der Waals surface area contributed by atoms with Crippen molar-refractivity contribution < 1.29 is 0 Å². The van der Waals surface area contributed by atoms with Crippen LogP contribution in [0.5, 0.6) is 0 Å². The van der Waals surface area contributed by atoms with E-state index >= 15 is 0 Å². The molecule has 1 heterocycles. The number of hydrogen-bond acceptors (Lipinski definition) is 4. The molecule has 0 saturated carbocycles. The largest absolute Gasteiger partial charge is 0.168 e. The van der Waals surface area contributed by atoms with E-state index in [4.69, 9.17) is 0 Å². The fraction of sp³-hybridized carbons (Fsp3) is 0.273. The monoisotopic (exact) mass is 272 g/mol. The van der Waals surface area contributed by atoms with Crippen LogP contribution >= 0.6 is 47.9 Å². The second-order valence-corrected chi connectivity index (χ2v) is 7.30. The first-order valence-corrected chi connectivity index (χ1v) is 8.26.